The maximum absolute atomic E-state index is 5.73. The van der Waals surface area contributed by atoms with Crippen LogP contribution < -0.4 is 20.3 Å². The van der Waals surface area contributed by atoms with Crippen molar-refractivity contribution in [3.63, 3.8) is 0 Å². The van der Waals surface area contributed by atoms with Gasteiger partial charge in [0.05, 0.1) is 7.11 Å². The van der Waals surface area contributed by atoms with Gasteiger partial charge in [0.1, 0.15) is 6.61 Å². The number of rotatable bonds is 8. The van der Waals surface area contributed by atoms with Crippen LogP contribution >= 0.6 is 0 Å². The Morgan fingerprint density at radius 2 is 1.83 bits per heavy atom. The SMILES string of the molecule is COc1cc(CNNc2ccccc2)ccc1OCC=C(C)C. The molecule has 0 heterocycles. The summed E-state index contributed by atoms with van der Waals surface area (Å²) in [6.07, 6.45) is 2.04. The molecule has 0 saturated carbocycles. The molecule has 2 aromatic rings. The molecule has 0 spiro atoms. The highest BCUT2D eigenvalue weighted by molar-refractivity contribution is 5.44. The van der Waals surface area contributed by atoms with Crippen molar-refractivity contribution in [2.24, 2.45) is 0 Å². The van der Waals surface area contributed by atoms with Crippen molar-refractivity contribution in [1.29, 1.82) is 0 Å². The van der Waals surface area contributed by atoms with E-state index in [4.69, 9.17) is 9.47 Å². The maximum atomic E-state index is 5.73. The quantitative estimate of drug-likeness (QED) is 0.567. The Labute approximate surface area is 138 Å². The molecule has 0 saturated heterocycles. The fourth-order valence-corrected chi connectivity index (χ4v) is 2.01. The van der Waals surface area contributed by atoms with E-state index in [-0.39, 0.29) is 0 Å². The van der Waals surface area contributed by atoms with E-state index < -0.39 is 0 Å². The number of allylic oxidation sites excluding steroid dienone is 1. The summed E-state index contributed by atoms with van der Waals surface area (Å²) in [6, 6.07) is 15.9. The molecule has 2 rings (SSSR count). The van der Waals surface area contributed by atoms with Gasteiger partial charge >= 0.3 is 0 Å². The number of ether oxygens (including phenoxy) is 2. The highest BCUT2D eigenvalue weighted by Gasteiger charge is 2.05. The molecule has 0 radical (unpaired) electrons. The first-order chi connectivity index (χ1) is 11.2. The van der Waals surface area contributed by atoms with Crippen LogP contribution in [0.4, 0.5) is 5.69 Å². The van der Waals surface area contributed by atoms with Crippen LogP contribution in [0.25, 0.3) is 0 Å². The summed E-state index contributed by atoms with van der Waals surface area (Å²) in [4.78, 5) is 0. The van der Waals surface area contributed by atoms with Crippen LogP contribution in [0.5, 0.6) is 11.5 Å². The van der Waals surface area contributed by atoms with Gasteiger partial charge in [-0.25, -0.2) is 5.43 Å². The Kier molecular flexibility index (Phi) is 6.51. The van der Waals surface area contributed by atoms with Crippen molar-refractivity contribution >= 4 is 5.69 Å². The highest BCUT2D eigenvalue weighted by Crippen LogP contribution is 2.28. The number of benzene rings is 2. The molecule has 4 nitrogen and oxygen atoms in total. The average molecular weight is 312 g/mol. The lowest BCUT2D eigenvalue weighted by Crippen LogP contribution is -2.20. The average Bonchev–Trinajstić information content (AvgIpc) is 2.56. The summed E-state index contributed by atoms with van der Waals surface area (Å²) in [6.45, 7) is 5.33. The Bertz CT molecular complexity index is 635. The minimum Gasteiger partial charge on any atom is -0.493 e. The predicted molar refractivity (Wildman–Crippen MR) is 94.8 cm³/mol. The molecule has 0 unspecified atom stereocenters. The highest BCUT2D eigenvalue weighted by atomic mass is 16.5. The van der Waals surface area contributed by atoms with Gasteiger partial charge in [0.25, 0.3) is 0 Å². The minimum atomic E-state index is 0.547. The summed E-state index contributed by atoms with van der Waals surface area (Å²) in [5.74, 6) is 1.50. The third-order valence-electron chi connectivity index (χ3n) is 3.26. The van der Waals surface area contributed by atoms with Crippen molar-refractivity contribution in [3.05, 3.63) is 65.7 Å². The number of hydrogen-bond acceptors (Lipinski definition) is 4. The lowest BCUT2D eigenvalue weighted by atomic mass is 10.2. The summed E-state index contributed by atoms with van der Waals surface area (Å²) in [5, 5.41) is 0. The van der Waals surface area contributed by atoms with Crippen LogP contribution in [-0.2, 0) is 6.54 Å². The Morgan fingerprint density at radius 3 is 2.52 bits per heavy atom. The van der Waals surface area contributed by atoms with E-state index in [1.54, 1.807) is 7.11 Å². The third-order valence-corrected chi connectivity index (χ3v) is 3.26. The monoisotopic (exact) mass is 312 g/mol. The van der Waals surface area contributed by atoms with E-state index in [0.29, 0.717) is 13.2 Å². The second kappa shape index (κ2) is 8.86. The van der Waals surface area contributed by atoms with Gasteiger partial charge in [-0.05, 0) is 49.8 Å². The molecule has 2 N–H and O–H groups in total. The van der Waals surface area contributed by atoms with Crippen molar-refractivity contribution in [1.82, 2.24) is 5.43 Å². The third kappa shape index (κ3) is 5.68. The molecule has 0 amide bonds. The summed E-state index contributed by atoms with van der Waals surface area (Å²) in [7, 11) is 1.66. The maximum Gasteiger partial charge on any atom is 0.161 e. The van der Waals surface area contributed by atoms with Crippen molar-refractivity contribution in [2.75, 3.05) is 19.1 Å². The van der Waals surface area contributed by atoms with Crippen LogP contribution in [0.2, 0.25) is 0 Å². The molecule has 23 heavy (non-hydrogen) atoms. The van der Waals surface area contributed by atoms with E-state index in [1.165, 1.54) is 5.57 Å². The van der Waals surface area contributed by atoms with Gasteiger partial charge in [0.15, 0.2) is 11.5 Å². The first-order valence-electron chi connectivity index (χ1n) is 7.66. The van der Waals surface area contributed by atoms with E-state index in [1.807, 2.05) is 54.6 Å². The molecule has 4 heteroatoms. The lowest BCUT2D eigenvalue weighted by Gasteiger charge is -2.12. The fraction of sp³-hybridized carbons (Fsp3) is 0.263. The number of hydrazine groups is 1. The lowest BCUT2D eigenvalue weighted by molar-refractivity contribution is 0.325. The molecule has 0 aliphatic carbocycles. The molecule has 0 fully saturated rings. The smallest absolute Gasteiger partial charge is 0.161 e. The van der Waals surface area contributed by atoms with Crippen LogP contribution in [0.3, 0.4) is 0 Å². The fourth-order valence-electron chi connectivity index (χ4n) is 2.01. The molecule has 0 aliphatic rings. The van der Waals surface area contributed by atoms with Crippen molar-refractivity contribution in [3.8, 4) is 11.5 Å². The molecule has 0 bridgehead atoms. The molecule has 2 aromatic carbocycles. The van der Waals surface area contributed by atoms with E-state index in [9.17, 15) is 0 Å². The Balaban J connectivity index is 1.91. The van der Waals surface area contributed by atoms with Crippen LogP contribution in [-0.4, -0.2) is 13.7 Å². The zero-order valence-corrected chi connectivity index (χ0v) is 13.9. The van der Waals surface area contributed by atoms with Gasteiger partial charge in [0, 0.05) is 12.2 Å². The molecular formula is C19H24N2O2. The number of anilines is 1. The molecule has 0 aromatic heterocycles. The number of hydrogen-bond donors (Lipinski definition) is 2. The minimum absolute atomic E-state index is 0.547. The van der Waals surface area contributed by atoms with Crippen molar-refractivity contribution in [2.45, 2.75) is 20.4 Å². The van der Waals surface area contributed by atoms with Gasteiger partial charge < -0.3 is 14.9 Å². The van der Waals surface area contributed by atoms with E-state index in [2.05, 4.69) is 24.7 Å². The van der Waals surface area contributed by atoms with E-state index in [0.717, 1.165) is 22.7 Å². The molecule has 0 aliphatic heterocycles. The standard InChI is InChI=1S/C19H24N2O2/c1-15(2)11-12-23-18-10-9-16(13-19(18)22-3)14-20-21-17-7-5-4-6-8-17/h4-11,13,20-21H,12,14H2,1-3H3. The second-order valence-electron chi connectivity index (χ2n) is 5.42. The topological polar surface area (TPSA) is 42.5 Å². The predicted octanol–water partition coefficient (Wildman–Crippen LogP) is 4.16. The Morgan fingerprint density at radius 1 is 1.04 bits per heavy atom. The summed E-state index contributed by atoms with van der Waals surface area (Å²) in [5.41, 5.74) is 9.73. The van der Waals surface area contributed by atoms with Crippen LogP contribution in [0.15, 0.2) is 60.2 Å². The summed E-state index contributed by atoms with van der Waals surface area (Å²) < 4.78 is 11.1. The number of para-hydroxylation sites is 1. The normalized spacial score (nSPS) is 10.0. The zero-order chi connectivity index (χ0) is 16.5. The number of nitrogens with one attached hydrogen (secondary N) is 2. The largest absolute Gasteiger partial charge is 0.493 e. The van der Waals surface area contributed by atoms with Gasteiger partial charge in [-0.2, -0.15) is 0 Å². The molecule has 122 valence electrons. The van der Waals surface area contributed by atoms with Crippen LogP contribution in [0, 0.1) is 0 Å². The molecular weight excluding hydrogens is 288 g/mol. The van der Waals surface area contributed by atoms with Gasteiger partial charge in [-0.3, -0.25) is 0 Å². The first kappa shape index (κ1) is 16.9. The van der Waals surface area contributed by atoms with Gasteiger partial charge in [0.2, 0.25) is 0 Å². The first-order valence-corrected chi connectivity index (χ1v) is 7.66. The van der Waals surface area contributed by atoms with Crippen LogP contribution in [0.1, 0.15) is 19.4 Å². The van der Waals surface area contributed by atoms with Gasteiger partial charge in [-0.1, -0.05) is 29.8 Å². The van der Waals surface area contributed by atoms with Crippen molar-refractivity contribution < 1.29 is 9.47 Å². The zero-order valence-electron chi connectivity index (χ0n) is 13.9. The number of methoxy groups -OCH3 is 1. The molecule has 0 atom stereocenters. The second-order valence-corrected chi connectivity index (χ2v) is 5.42. The van der Waals surface area contributed by atoms with Gasteiger partial charge in [-0.15, -0.1) is 0 Å². The summed E-state index contributed by atoms with van der Waals surface area (Å²) >= 11 is 0. The Hall–Kier alpha value is -2.46. The van der Waals surface area contributed by atoms with E-state index >= 15 is 0 Å².